The van der Waals surface area contributed by atoms with Crippen LogP contribution in [0.4, 0.5) is 0 Å². The molecule has 0 aliphatic carbocycles. The Labute approximate surface area is 117 Å². The van der Waals surface area contributed by atoms with Crippen LogP contribution in [-0.4, -0.2) is 26.3 Å². The number of hydrogen-bond acceptors (Lipinski definition) is 3. The Morgan fingerprint density at radius 3 is 2.85 bits per heavy atom. The Kier molecular flexibility index (Phi) is 3.06. The normalized spacial score (nSPS) is 11.4. The van der Waals surface area contributed by atoms with E-state index in [9.17, 15) is 0 Å². The van der Waals surface area contributed by atoms with Crippen LogP contribution in [-0.2, 0) is 13.5 Å². The number of rotatable bonds is 3. The number of imidazole rings is 1. The minimum atomic E-state index is 0.599. The zero-order chi connectivity index (χ0) is 14.3. The van der Waals surface area contributed by atoms with Gasteiger partial charge in [0.2, 0.25) is 0 Å². The average molecular weight is 269 g/mol. The first-order valence-corrected chi connectivity index (χ1v) is 6.79. The van der Waals surface area contributed by atoms with Gasteiger partial charge >= 0.3 is 0 Å². The lowest BCUT2D eigenvalue weighted by atomic mass is 10.0. The molecule has 0 atom stereocenters. The highest BCUT2D eigenvalue weighted by molar-refractivity contribution is 5.83. The van der Waals surface area contributed by atoms with E-state index in [0.717, 1.165) is 45.8 Å². The number of aryl methyl sites for hydroxylation is 3. The summed E-state index contributed by atoms with van der Waals surface area (Å²) in [5, 5.41) is 7.41. The molecule has 3 rings (SSSR count). The Hall–Kier alpha value is -2.14. The molecule has 3 N–H and O–H groups in total. The number of nitrogens with zero attached hydrogens (tertiary/aromatic N) is 3. The van der Waals surface area contributed by atoms with Crippen LogP contribution in [0.25, 0.3) is 22.2 Å². The van der Waals surface area contributed by atoms with Gasteiger partial charge in [0, 0.05) is 24.7 Å². The molecule has 2 heterocycles. The van der Waals surface area contributed by atoms with Crippen molar-refractivity contribution in [3.8, 4) is 11.1 Å². The second-order valence-electron chi connectivity index (χ2n) is 5.13. The number of aromatic nitrogens is 4. The maximum absolute atomic E-state index is 5.66. The van der Waals surface area contributed by atoms with Gasteiger partial charge in [0.1, 0.15) is 5.82 Å². The highest BCUT2D eigenvalue weighted by Crippen LogP contribution is 2.29. The summed E-state index contributed by atoms with van der Waals surface area (Å²) in [4.78, 5) is 4.60. The van der Waals surface area contributed by atoms with Crippen molar-refractivity contribution < 1.29 is 0 Å². The summed E-state index contributed by atoms with van der Waals surface area (Å²) < 4.78 is 2.10. The van der Waals surface area contributed by atoms with Crippen molar-refractivity contribution in [1.82, 2.24) is 19.7 Å². The molecule has 0 radical (unpaired) electrons. The smallest absolute Gasteiger partial charge is 0.106 e. The predicted molar refractivity (Wildman–Crippen MR) is 80.5 cm³/mol. The fourth-order valence-corrected chi connectivity index (χ4v) is 2.66. The first-order valence-electron chi connectivity index (χ1n) is 6.79. The number of hydrogen-bond donors (Lipinski definition) is 2. The summed E-state index contributed by atoms with van der Waals surface area (Å²) in [5.74, 6) is 1.02. The molecule has 0 aliphatic rings. The quantitative estimate of drug-likeness (QED) is 0.764. The number of aromatic amines is 1. The number of H-pyrrole nitrogens is 1. The van der Waals surface area contributed by atoms with E-state index in [2.05, 4.69) is 37.9 Å². The third kappa shape index (κ3) is 1.91. The molecule has 20 heavy (non-hydrogen) atoms. The van der Waals surface area contributed by atoms with Crippen LogP contribution in [0, 0.1) is 13.8 Å². The first kappa shape index (κ1) is 12.9. The van der Waals surface area contributed by atoms with Crippen LogP contribution >= 0.6 is 0 Å². The monoisotopic (exact) mass is 269 g/mol. The van der Waals surface area contributed by atoms with E-state index in [0.29, 0.717) is 6.54 Å². The van der Waals surface area contributed by atoms with Crippen molar-refractivity contribution >= 4 is 11.0 Å². The fourth-order valence-electron chi connectivity index (χ4n) is 2.66. The van der Waals surface area contributed by atoms with Crippen molar-refractivity contribution in [2.24, 2.45) is 12.8 Å². The Morgan fingerprint density at radius 2 is 2.10 bits per heavy atom. The van der Waals surface area contributed by atoms with Gasteiger partial charge in [0.05, 0.1) is 16.7 Å². The molecule has 0 bridgehead atoms. The second kappa shape index (κ2) is 4.76. The summed E-state index contributed by atoms with van der Waals surface area (Å²) in [5.41, 5.74) is 12.2. The Balaban J connectivity index is 2.17. The van der Waals surface area contributed by atoms with Crippen LogP contribution in [0.5, 0.6) is 0 Å². The van der Waals surface area contributed by atoms with Crippen molar-refractivity contribution in [3.63, 3.8) is 0 Å². The summed E-state index contributed by atoms with van der Waals surface area (Å²) >= 11 is 0. The predicted octanol–water partition coefficient (Wildman–Crippen LogP) is 2.08. The van der Waals surface area contributed by atoms with Crippen molar-refractivity contribution in [1.29, 1.82) is 0 Å². The number of nitrogens with two attached hydrogens (primary N) is 1. The standard InChI is InChI=1S/C15H19N5/c1-9-15(12(6-7-16)19-18-9)11-4-5-14-13(8-11)17-10(2)20(14)3/h4-5,8H,6-7,16H2,1-3H3,(H,18,19). The molecular formula is C15H19N5. The molecule has 1 aromatic carbocycles. The SMILES string of the molecule is Cc1[nH]nc(CCN)c1-c1ccc2c(c1)nc(C)n2C. The van der Waals surface area contributed by atoms with Crippen molar-refractivity contribution in [3.05, 3.63) is 35.4 Å². The molecule has 104 valence electrons. The summed E-state index contributed by atoms with van der Waals surface area (Å²) in [6, 6.07) is 6.37. The van der Waals surface area contributed by atoms with E-state index in [1.54, 1.807) is 0 Å². The largest absolute Gasteiger partial charge is 0.331 e. The molecule has 3 aromatic rings. The van der Waals surface area contributed by atoms with E-state index < -0.39 is 0 Å². The Bertz CT molecular complexity index is 766. The van der Waals surface area contributed by atoms with E-state index >= 15 is 0 Å². The zero-order valence-corrected chi connectivity index (χ0v) is 12.1. The minimum absolute atomic E-state index is 0.599. The number of fused-ring (bicyclic) bond motifs is 1. The van der Waals surface area contributed by atoms with E-state index in [1.807, 2.05) is 20.9 Å². The number of nitrogens with one attached hydrogen (secondary N) is 1. The molecular weight excluding hydrogens is 250 g/mol. The maximum Gasteiger partial charge on any atom is 0.106 e. The van der Waals surface area contributed by atoms with Gasteiger partial charge < -0.3 is 10.3 Å². The van der Waals surface area contributed by atoms with Gasteiger partial charge in [-0.15, -0.1) is 0 Å². The van der Waals surface area contributed by atoms with Gasteiger partial charge in [-0.2, -0.15) is 5.10 Å². The van der Waals surface area contributed by atoms with E-state index in [1.165, 1.54) is 0 Å². The van der Waals surface area contributed by atoms with Gasteiger partial charge in [0.25, 0.3) is 0 Å². The van der Waals surface area contributed by atoms with Crippen LogP contribution < -0.4 is 5.73 Å². The van der Waals surface area contributed by atoms with Crippen LogP contribution in [0.1, 0.15) is 17.2 Å². The Morgan fingerprint density at radius 1 is 1.30 bits per heavy atom. The van der Waals surface area contributed by atoms with Crippen molar-refractivity contribution in [2.75, 3.05) is 6.54 Å². The molecule has 5 heteroatoms. The summed E-state index contributed by atoms with van der Waals surface area (Å²) in [6.07, 6.45) is 0.777. The molecule has 0 saturated heterocycles. The average Bonchev–Trinajstić information content (AvgIpc) is 2.92. The second-order valence-corrected chi connectivity index (χ2v) is 5.13. The van der Waals surface area contributed by atoms with Gasteiger partial charge in [-0.1, -0.05) is 6.07 Å². The van der Waals surface area contributed by atoms with Crippen molar-refractivity contribution in [2.45, 2.75) is 20.3 Å². The third-order valence-electron chi connectivity index (χ3n) is 3.80. The van der Waals surface area contributed by atoms with Gasteiger partial charge in [-0.25, -0.2) is 4.98 Å². The third-order valence-corrected chi connectivity index (χ3v) is 3.80. The lowest BCUT2D eigenvalue weighted by molar-refractivity contribution is 0.886. The molecule has 0 aliphatic heterocycles. The molecule has 5 nitrogen and oxygen atoms in total. The summed E-state index contributed by atoms with van der Waals surface area (Å²) in [7, 11) is 2.04. The molecule has 0 unspecified atom stereocenters. The lowest BCUT2D eigenvalue weighted by Crippen LogP contribution is -2.04. The van der Waals surface area contributed by atoms with Crippen LogP contribution in [0.3, 0.4) is 0 Å². The van der Waals surface area contributed by atoms with Gasteiger partial charge in [-0.3, -0.25) is 5.10 Å². The lowest BCUT2D eigenvalue weighted by Gasteiger charge is -2.04. The first-order chi connectivity index (χ1) is 9.61. The van der Waals surface area contributed by atoms with Crippen LogP contribution in [0.2, 0.25) is 0 Å². The molecule has 0 spiro atoms. The molecule has 2 aromatic heterocycles. The fraction of sp³-hybridized carbons (Fsp3) is 0.333. The highest BCUT2D eigenvalue weighted by atomic mass is 15.1. The molecule has 0 amide bonds. The zero-order valence-electron chi connectivity index (χ0n) is 12.1. The molecule has 0 fully saturated rings. The number of benzene rings is 1. The minimum Gasteiger partial charge on any atom is -0.331 e. The highest BCUT2D eigenvalue weighted by Gasteiger charge is 2.13. The van der Waals surface area contributed by atoms with Gasteiger partial charge in [0.15, 0.2) is 0 Å². The van der Waals surface area contributed by atoms with E-state index in [4.69, 9.17) is 5.73 Å². The topological polar surface area (TPSA) is 72.5 Å². The molecule has 0 saturated carbocycles. The van der Waals surface area contributed by atoms with Crippen LogP contribution in [0.15, 0.2) is 18.2 Å². The summed E-state index contributed by atoms with van der Waals surface area (Å²) in [6.45, 7) is 4.65. The van der Waals surface area contributed by atoms with E-state index in [-0.39, 0.29) is 0 Å². The maximum atomic E-state index is 5.66. The van der Waals surface area contributed by atoms with Gasteiger partial charge in [-0.05, 0) is 38.1 Å².